The van der Waals surface area contributed by atoms with Crippen molar-refractivity contribution in [1.82, 2.24) is 0 Å². The molecule has 1 aliphatic rings. The zero-order valence-corrected chi connectivity index (χ0v) is 9.39. The summed E-state index contributed by atoms with van der Waals surface area (Å²) in [4.78, 5) is 5.87. The fourth-order valence-electron chi connectivity index (χ4n) is 1.01. The first kappa shape index (κ1) is 10.7. The van der Waals surface area contributed by atoms with Gasteiger partial charge in [-0.05, 0) is 11.5 Å². The molecule has 0 radical (unpaired) electrons. The lowest BCUT2D eigenvalue weighted by Crippen LogP contribution is -2.10. The Morgan fingerprint density at radius 2 is 1.77 bits per heavy atom. The molecule has 0 aromatic heterocycles. The third kappa shape index (κ3) is 2.28. The van der Waals surface area contributed by atoms with Gasteiger partial charge < -0.3 is 5.73 Å². The lowest BCUT2D eigenvalue weighted by atomic mass is 10.5. The molecule has 72 valence electrons. The number of nitrogens with one attached hydrogen (secondary N) is 1. The van der Waals surface area contributed by atoms with Crippen LogP contribution in [0.25, 0.3) is 0 Å². The molecule has 0 unspecified atom stereocenters. The molecular formula is C8H13N3S2. The fourth-order valence-corrected chi connectivity index (χ4v) is 2.78. The monoisotopic (exact) mass is 215 g/mol. The van der Waals surface area contributed by atoms with Gasteiger partial charge in [-0.1, -0.05) is 13.8 Å². The molecule has 3 N–H and O–H groups in total. The maximum atomic E-state index is 7.59. The summed E-state index contributed by atoms with van der Waals surface area (Å²) in [6.07, 6.45) is 0. The maximum absolute atomic E-state index is 7.59. The molecule has 0 aromatic carbocycles. The molecule has 0 aliphatic carbocycles. The predicted molar refractivity (Wildman–Crippen MR) is 62.6 cm³/mol. The average molecular weight is 215 g/mol. The van der Waals surface area contributed by atoms with Gasteiger partial charge >= 0.3 is 0 Å². The van der Waals surface area contributed by atoms with Crippen molar-refractivity contribution in [2.24, 2.45) is 10.7 Å². The van der Waals surface area contributed by atoms with Gasteiger partial charge in [0.15, 0.2) is 5.84 Å². The standard InChI is InChI=1S/C8H13N3S2/c1-3-12-5-6(13-4-2)8(10)11-7(5)9/h3-4H2,1-2H3,(H3,9,10,11). The molecule has 0 atom stereocenters. The van der Waals surface area contributed by atoms with E-state index in [1.54, 1.807) is 23.5 Å². The molecule has 1 rings (SSSR count). The van der Waals surface area contributed by atoms with Crippen molar-refractivity contribution in [3.63, 3.8) is 0 Å². The molecule has 1 heterocycles. The Morgan fingerprint density at radius 1 is 1.23 bits per heavy atom. The summed E-state index contributed by atoms with van der Waals surface area (Å²) in [5.74, 6) is 2.74. The highest BCUT2D eigenvalue weighted by Gasteiger charge is 2.21. The normalized spacial score (nSPS) is 16.8. The van der Waals surface area contributed by atoms with Crippen LogP contribution >= 0.6 is 23.5 Å². The Labute approximate surface area is 86.8 Å². The van der Waals surface area contributed by atoms with Crippen LogP contribution in [0, 0.1) is 5.41 Å². The summed E-state index contributed by atoms with van der Waals surface area (Å²) in [6.45, 7) is 4.13. The molecule has 0 spiro atoms. The highest BCUT2D eigenvalue weighted by molar-refractivity contribution is 8.08. The fraction of sp³-hybridized carbons (Fsp3) is 0.500. The number of hydrogen-bond donors (Lipinski definition) is 2. The Balaban J connectivity index is 2.89. The van der Waals surface area contributed by atoms with E-state index in [0.29, 0.717) is 11.7 Å². The third-order valence-corrected chi connectivity index (χ3v) is 3.56. The zero-order chi connectivity index (χ0) is 9.84. The van der Waals surface area contributed by atoms with E-state index in [1.165, 1.54) is 0 Å². The quantitative estimate of drug-likeness (QED) is 0.754. The van der Waals surface area contributed by atoms with E-state index in [9.17, 15) is 0 Å². The molecule has 0 bridgehead atoms. The lowest BCUT2D eigenvalue weighted by molar-refractivity contribution is 1.46. The molecule has 13 heavy (non-hydrogen) atoms. The maximum Gasteiger partial charge on any atom is 0.161 e. The van der Waals surface area contributed by atoms with Crippen molar-refractivity contribution in [1.29, 1.82) is 5.41 Å². The minimum atomic E-state index is 0.320. The van der Waals surface area contributed by atoms with Gasteiger partial charge in [0.1, 0.15) is 5.84 Å². The molecule has 5 heteroatoms. The van der Waals surface area contributed by atoms with Crippen LogP contribution in [0.3, 0.4) is 0 Å². The van der Waals surface area contributed by atoms with Crippen LogP contribution in [0.15, 0.2) is 14.8 Å². The summed E-state index contributed by atoms with van der Waals surface area (Å²) in [6, 6.07) is 0. The van der Waals surface area contributed by atoms with Crippen LogP contribution in [-0.4, -0.2) is 23.2 Å². The second kappa shape index (κ2) is 4.72. The smallest absolute Gasteiger partial charge is 0.161 e. The number of thioether (sulfide) groups is 2. The van der Waals surface area contributed by atoms with Crippen LogP contribution in [0.5, 0.6) is 0 Å². The van der Waals surface area contributed by atoms with E-state index in [-0.39, 0.29) is 0 Å². The number of nitrogens with zero attached hydrogens (tertiary/aromatic N) is 1. The van der Waals surface area contributed by atoms with E-state index in [1.807, 2.05) is 0 Å². The highest BCUT2D eigenvalue weighted by Crippen LogP contribution is 2.32. The third-order valence-electron chi connectivity index (χ3n) is 1.46. The van der Waals surface area contributed by atoms with Gasteiger partial charge in [0.05, 0.1) is 9.81 Å². The van der Waals surface area contributed by atoms with Crippen LogP contribution in [-0.2, 0) is 0 Å². The molecule has 0 saturated heterocycles. The van der Waals surface area contributed by atoms with Crippen LogP contribution in [0.1, 0.15) is 13.8 Å². The van der Waals surface area contributed by atoms with Gasteiger partial charge in [0, 0.05) is 0 Å². The van der Waals surface area contributed by atoms with Crippen molar-refractivity contribution < 1.29 is 0 Å². The summed E-state index contributed by atoms with van der Waals surface area (Å²) in [5.41, 5.74) is 5.69. The average Bonchev–Trinajstić information content (AvgIpc) is 2.33. The van der Waals surface area contributed by atoms with Gasteiger partial charge in [0.25, 0.3) is 0 Å². The second-order valence-electron chi connectivity index (χ2n) is 2.37. The lowest BCUT2D eigenvalue weighted by Gasteiger charge is -2.03. The number of amidine groups is 2. The molecule has 0 amide bonds. The predicted octanol–water partition coefficient (Wildman–Crippen LogP) is 2.05. The summed E-state index contributed by atoms with van der Waals surface area (Å²) >= 11 is 3.30. The zero-order valence-electron chi connectivity index (χ0n) is 7.76. The first-order valence-corrected chi connectivity index (χ1v) is 6.11. The van der Waals surface area contributed by atoms with Gasteiger partial charge in [0.2, 0.25) is 0 Å². The number of rotatable bonds is 4. The summed E-state index contributed by atoms with van der Waals surface area (Å²) in [7, 11) is 0. The second-order valence-corrected chi connectivity index (χ2v) is 4.92. The first-order valence-electron chi connectivity index (χ1n) is 4.14. The van der Waals surface area contributed by atoms with Crippen molar-refractivity contribution in [2.75, 3.05) is 11.5 Å². The van der Waals surface area contributed by atoms with E-state index in [4.69, 9.17) is 11.1 Å². The minimum Gasteiger partial charge on any atom is -0.383 e. The van der Waals surface area contributed by atoms with Crippen LogP contribution in [0.2, 0.25) is 0 Å². The van der Waals surface area contributed by atoms with E-state index in [0.717, 1.165) is 21.3 Å². The van der Waals surface area contributed by atoms with E-state index in [2.05, 4.69) is 18.8 Å². The Morgan fingerprint density at radius 3 is 2.31 bits per heavy atom. The molecule has 1 aliphatic heterocycles. The topological polar surface area (TPSA) is 62.2 Å². The number of aliphatic imine (C=N–C) groups is 1. The van der Waals surface area contributed by atoms with Crippen molar-refractivity contribution >= 4 is 35.2 Å². The molecular weight excluding hydrogens is 202 g/mol. The Bertz CT molecular complexity index is 281. The molecule has 3 nitrogen and oxygen atoms in total. The van der Waals surface area contributed by atoms with Gasteiger partial charge in [-0.3, -0.25) is 5.41 Å². The summed E-state index contributed by atoms with van der Waals surface area (Å²) in [5, 5.41) is 7.59. The minimum absolute atomic E-state index is 0.320. The van der Waals surface area contributed by atoms with Crippen molar-refractivity contribution in [2.45, 2.75) is 13.8 Å². The summed E-state index contributed by atoms with van der Waals surface area (Å²) < 4.78 is 0. The Hall–Kier alpha value is -0.420. The van der Waals surface area contributed by atoms with Gasteiger partial charge in [-0.25, -0.2) is 4.99 Å². The van der Waals surface area contributed by atoms with Crippen molar-refractivity contribution in [3.05, 3.63) is 9.81 Å². The number of nitrogens with two attached hydrogens (primary N) is 1. The van der Waals surface area contributed by atoms with Gasteiger partial charge in [-0.2, -0.15) is 0 Å². The first-order chi connectivity index (χ1) is 6.20. The van der Waals surface area contributed by atoms with Gasteiger partial charge in [-0.15, -0.1) is 23.5 Å². The van der Waals surface area contributed by atoms with E-state index >= 15 is 0 Å². The molecule has 0 fully saturated rings. The number of hydrogen-bond acceptors (Lipinski definition) is 4. The Kier molecular flexibility index (Phi) is 3.87. The SMILES string of the molecule is CCSC1=C(SCC)C(N)=NC1=N. The van der Waals surface area contributed by atoms with Crippen LogP contribution in [0.4, 0.5) is 0 Å². The molecule has 0 aromatic rings. The van der Waals surface area contributed by atoms with Crippen LogP contribution < -0.4 is 5.73 Å². The van der Waals surface area contributed by atoms with E-state index < -0.39 is 0 Å². The van der Waals surface area contributed by atoms with Crippen molar-refractivity contribution in [3.8, 4) is 0 Å². The largest absolute Gasteiger partial charge is 0.383 e. The molecule has 0 saturated carbocycles. The highest BCUT2D eigenvalue weighted by atomic mass is 32.2.